The topological polar surface area (TPSA) is 73.2 Å². The van der Waals surface area contributed by atoms with E-state index in [9.17, 15) is 9.59 Å². The lowest BCUT2D eigenvalue weighted by Crippen LogP contribution is -2.33. The summed E-state index contributed by atoms with van der Waals surface area (Å²) in [5, 5.41) is 4.47. The Kier molecular flexibility index (Phi) is 7.49. The van der Waals surface area contributed by atoms with E-state index in [1.807, 2.05) is 4.57 Å². The summed E-state index contributed by atoms with van der Waals surface area (Å²) >= 11 is 3.05. The number of thioether (sulfide) groups is 1. The number of hydrogen-bond donors (Lipinski definition) is 1. The second-order valence-electron chi connectivity index (χ2n) is 8.18. The average molecular weight is 450 g/mol. The quantitative estimate of drug-likeness (QED) is 0.357. The SMILES string of the molecule is CCCCCn1c(SCC(=O)NCC2CCCO2)nc2sc3c(c2c1=O)CCCC3. The summed E-state index contributed by atoms with van der Waals surface area (Å²) in [5.41, 5.74) is 1.31. The smallest absolute Gasteiger partial charge is 0.263 e. The zero-order chi connectivity index (χ0) is 20.9. The number of fused-ring (bicyclic) bond motifs is 3. The zero-order valence-electron chi connectivity index (χ0n) is 17.7. The van der Waals surface area contributed by atoms with Crippen LogP contribution in [0.5, 0.6) is 0 Å². The summed E-state index contributed by atoms with van der Waals surface area (Å²) in [6, 6.07) is 0. The van der Waals surface area contributed by atoms with E-state index >= 15 is 0 Å². The van der Waals surface area contributed by atoms with Gasteiger partial charge in [0.25, 0.3) is 5.56 Å². The highest BCUT2D eigenvalue weighted by atomic mass is 32.2. The van der Waals surface area contributed by atoms with Gasteiger partial charge in [-0.25, -0.2) is 4.98 Å². The maximum absolute atomic E-state index is 13.4. The van der Waals surface area contributed by atoms with Gasteiger partial charge in [-0.1, -0.05) is 31.5 Å². The van der Waals surface area contributed by atoms with Gasteiger partial charge in [-0.15, -0.1) is 11.3 Å². The van der Waals surface area contributed by atoms with E-state index < -0.39 is 0 Å². The van der Waals surface area contributed by atoms with Crippen molar-refractivity contribution in [1.82, 2.24) is 14.9 Å². The van der Waals surface area contributed by atoms with Crippen LogP contribution in [-0.4, -0.2) is 40.5 Å². The molecule has 2 aromatic rings. The predicted octanol–water partition coefficient (Wildman–Crippen LogP) is 3.91. The van der Waals surface area contributed by atoms with Crippen LogP contribution in [0.15, 0.2) is 9.95 Å². The number of aryl methyl sites for hydroxylation is 2. The van der Waals surface area contributed by atoms with Crippen LogP contribution < -0.4 is 10.9 Å². The molecule has 0 saturated carbocycles. The van der Waals surface area contributed by atoms with Gasteiger partial charge in [0.2, 0.25) is 5.91 Å². The standard InChI is InChI=1S/C22H31N3O3S2/c1-2-3-6-11-25-21(27)19-16-9-4-5-10-17(16)30-20(19)24-22(25)29-14-18(26)23-13-15-8-7-12-28-15/h15H,2-14H2,1H3,(H,23,26). The lowest BCUT2D eigenvalue weighted by molar-refractivity contribution is -0.119. The number of unbranched alkanes of at least 4 members (excludes halogenated alkanes) is 2. The van der Waals surface area contributed by atoms with Crippen molar-refractivity contribution in [2.75, 3.05) is 18.9 Å². The van der Waals surface area contributed by atoms with Crippen molar-refractivity contribution in [3.05, 3.63) is 20.8 Å². The van der Waals surface area contributed by atoms with Gasteiger partial charge in [-0.3, -0.25) is 14.2 Å². The molecular formula is C22H31N3O3S2. The summed E-state index contributed by atoms with van der Waals surface area (Å²) in [4.78, 5) is 32.8. The van der Waals surface area contributed by atoms with E-state index in [1.54, 1.807) is 11.3 Å². The second-order valence-corrected chi connectivity index (χ2v) is 10.2. The van der Waals surface area contributed by atoms with Crippen LogP contribution >= 0.6 is 23.1 Å². The average Bonchev–Trinajstić information content (AvgIpc) is 3.40. The first-order chi connectivity index (χ1) is 14.7. The van der Waals surface area contributed by atoms with Gasteiger partial charge in [0, 0.05) is 24.6 Å². The normalized spacial score (nSPS) is 18.6. The lowest BCUT2D eigenvalue weighted by Gasteiger charge is -2.14. The van der Waals surface area contributed by atoms with Gasteiger partial charge in [-0.2, -0.15) is 0 Å². The molecular weight excluding hydrogens is 418 g/mol. The summed E-state index contributed by atoms with van der Waals surface area (Å²) in [7, 11) is 0. The molecule has 1 unspecified atom stereocenters. The minimum atomic E-state index is -0.0320. The highest BCUT2D eigenvalue weighted by Crippen LogP contribution is 2.34. The minimum absolute atomic E-state index is 0.0320. The molecule has 1 aliphatic carbocycles. The second kappa shape index (κ2) is 10.3. The third-order valence-electron chi connectivity index (χ3n) is 5.91. The fourth-order valence-corrected chi connectivity index (χ4v) is 6.42. The van der Waals surface area contributed by atoms with E-state index in [0.717, 1.165) is 68.2 Å². The minimum Gasteiger partial charge on any atom is -0.376 e. The maximum Gasteiger partial charge on any atom is 0.263 e. The predicted molar refractivity (Wildman–Crippen MR) is 123 cm³/mol. The third-order valence-corrected chi connectivity index (χ3v) is 8.07. The lowest BCUT2D eigenvalue weighted by atomic mass is 9.97. The molecule has 4 rings (SSSR count). The Labute approximate surface area is 185 Å². The monoisotopic (exact) mass is 449 g/mol. The van der Waals surface area contributed by atoms with Gasteiger partial charge in [-0.05, 0) is 50.5 Å². The van der Waals surface area contributed by atoms with Gasteiger partial charge in [0.1, 0.15) is 4.83 Å². The highest BCUT2D eigenvalue weighted by molar-refractivity contribution is 7.99. The number of carbonyl (C=O) groups is 1. The van der Waals surface area contributed by atoms with Gasteiger partial charge in [0.15, 0.2) is 5.16 Å². The van der Waals surface area contributed by atoms with Gasteiger partial charge in [0.05, 0.1) is 17.2 Å². The van der Waals surface area contributed by atoms with Crippen LogP contribution in [0.4, 0.5) is 0 Å². The fourth-order valence-electron chi connectivity index (χ4n) is 4.26. The number of carbonyl (C=O) groups excluding carboxylic acids is 1. The van der Waals surface area contributed by atoms with Gasteiger partial charge < -0.3 is 10.1 Å². The van der Waals surface area contributed by atoms with E-state index in [4.69, 9.17) is 9.72 Å². The molecule has 1 aliphatic heterocycles. The van der Waals surface area contributed by atoms with Crippen molar-refractivity contribution in [1.29, 1.82) is 0 Å². The molecule has 30 heavy (non-hydrogen) atoms. The molecule has 0 radical (unpaired) electrons. The van der Waals surface area contributed by atoms with Crippen molar-refractivity contribution in [2.24, 2.45) is 0 Å². The molecule has 1 N–H and O–H groups in total. The number of nitrogens with zero attached hydrogens (tertiary/aromatic N) is 2. The molecule has 0 bridgehead atoms. The number of aromatic nitrogens is 2. The Balaban J connectivity index is 1.53. The number of amides is 1. The molecule has 0 spiro atoms. The van der Waals surface area contributed by atoms with E-state index in [2.05, 4.69) is 12.2 Å². The largest absolute Gasteiger partial charge is 0.376 e. The highest BCUT2D eigenvalue weighted by Gasteiger charge is 2.23. The van der Waals surface area contributed by atoms with Crippen LogP contribution in [0.1, 0.15) is 62.3 Å². The van der Waals surface area contributed by atoms with Crippen molar-refractivity contribution >= 4 is 39.2 Å². The number of hydrogen-bond acceptors (Lipinski definition) is 6. The fraction of sp³-hybridized carbons (Fsp3) is 0.682. The molecule has 1 atom stereocenters. The Hall–Kier alpha value is -1.38. The third kappa shape index (κ3) is 4.92. The van der Waals surface area contributed by atoms with Crippen molar-refractivity contribution in [3.8, 4) is 0 Å². The Morgan fingerprint density at radius 1 is 1.30 bits per heavy atom. The molecule has 3 heterocycles. The number of ether oxygens (including phenoxy) is 1. The first-order valence-electron chi connectivity index (χ1n) is 11.2. The van der Waals surface area contributed by atoms with Crippen LogP contribution in [-0.2, 0) is 28.9 Å². The molecule has 1 fully saturated rings. The summed E-state index contributed by atoms with van der Waals surface area (Å²) < 4.78 is 7.38. The summed E-state index contributed by atoms with van der Waals surface area (Å²) in [6.45, 7) is 4.18. The van der Waals surface area contributed by atoms with E-state index in [-0.39, 0.29) is 23.3 Å². The number of thiophene rings is 1. The molecule has 2 aromatic heterocycles. The Morgan fingerprint density at radius 3 is 2.97 bits per heavy atom. The molecule has 1 saturated heterocycles. The van der Waals surface area contributed by atoms with Crippen LogP contribution in [0, 0.1) is 0 Å². The summed E-state index contributed by atoms with van der Waals surface area (Å²) in [5.74, 6) is 0.235. The number of rotatable bonds is 9. The Morgan fingerprint density at radius 2 is 2.17 bits per heavy atom. The first kappa shape index (κ1) is 21.8. The van der Waals surface area contributed by atoms with Crippen LogP contribution in [0.2, 0.25) is 0 Å². The zero-order valence-corrected chi connectivity index (χ0v) is 19.3. The molecule has 2 aliphatic rings. The Bertz CT molecular complexity index is 947. The van der Waals surface area contributed by atoms with E-state index in [0.29, 0.717) is 18.2 Å². The molecule has 164 valence electrons. The van der Waals surface area contributed by atoms with Crippen molar-refractivity contribution < 1.29 is 9.53 Å². The molecule has 6 nitrogen and oxygen atoms in total. The van der Waals surface area contributed by atoms with Crippen LogP contribution in [0.25, 0.3) is 10.2 Å². The first-order valence-corrected chi connectivity index (χ1v) is 13.0. The number of nitrogens with one attached hydrogen (secondary N) is 1. The molecule has 1 amide bonds. The molecule has 0 aromatic carbocycles. The van der Waals surface area contributed by atoms with Crippen molar-refractivity contribution in [3.63, 3.8) is 0 Å². The van der Waals surface area contributed by atoms with Crippen LogP contribution in [0.3, 0.4) is 0 Å². The maximum atomic E-state index is 13.4. The molecule has 8 heteroatoms. The van der Waals surface area contributed by atoms with E-state index in [1.165, 1.54) is 28.6 Å². The van der Waals surface area contributed by atoms with Gasteiger partial charge >= 0.3 is 0 Å². The summed E-state index contributed by atoms with van der Waals surface area (Å²) in [6.07, 6.45) is 9.73. The van der Waals surface area contributed by atoms with Crippen molar-refractivity contribution in [2.45, 2.75) is 82.5 Å².